The van der Waals surface area contributed by atoms with Crippen LogP contribution in [0.15, 0.2) is 96.0 Å². The van der Waals surface area contributed by atoms with Crippen molar-refractivity contribution in [1.82, 2.24) is 0 Å². The van der Waals surface area contributed by atoms with Gasteiger partial charge < -0.3 is 0 Å². The highest BCUT2D eigenvalue weighted by atomic mass is 32.3. The second-order valence-corrected chi connectivity index (χ2v) is 9.65. The van der Waals surface area contributed by atoms with Gasteiger partial charge in [0.2, 0.25) is 5.11 Å². The minimum Gasteiger partial charge on any atom is -0.286 e. The van der Waals surface area contributed by atoms with Crippen LogP contribution >= 0.6 is 24.0 Å². The van der Waals surface area contributed by atoms with E-state index in [9.17, 15) is 8.42 Å². The molecule has 146 valence electrons. The summed E-state index contributed by atoms with van der Waals surface area (Å²) in [7, 11) is -3.50. The lowest BCUT2D eigenvalue weighted by atomic mass is 10.2. The quantitative estimate of drug-likeness (QED) is 0.537. The molecule has 1 aliphatic heterocycles. The number of rotatable bonds is 3. The average molecular weight is 440 g/mol. The zero-order valence-electron chi connectivity index (χ0n) is 15.3. The van der Waals surface area contributed by atoms with Crippen LogP contribution in [0.2, 0.25) is 0 Å². The van der Waals surface area contributed by atoms with E-state index in [4.69, 9.17) is 12.2 Å². The molecular formula is C21H17N3O2S3. The molecule has 0 spiro atoms. The number of thioether (sulfide) groups is 1. The zero-order chi connectivity index (χ0) is 20.3. The van der Waals surface area contributed by atoms with Crippen molar-refractivity contribution in [3.8, 4) is 0 Å². The van der Waals surface area contributed by atoms with E-state index in [2.05, 4.69) is 4.99 Å². The molecule has 3 aromatic rings. The standard InChI is InChI=1S/C21H17N3O2S3/c25-29(26)16-28-21(24(29)19-14-8-3-9-15-19)22-20(27)23(17-10-4-1-5-11-17)18-12-6-2-7-13-18/h1-15H,16H2. The van der Waals surface area contributed by atoms with Crippen molar-refractivity contribution >= 4 is 61.3 Å². The minimum absolute atomic E-state index is 0.0694. The molecule has 5 nitrogen and oxygen atoms in total. The van der Waals surface area contributed by atoms with E-state index in [0.29, 0.717) is 10.9 Å². The molecule has 1 fully saturated rings. The summed E-state index contributed by atoms with van der Waals surface area (Å²) in [5, 5.41) is 0.543. The van der Waals surface area contributed by atoms with Gasteiger partial charge in [0.1, 0.15) is 5.08 Å². The Labute approximate surface area is 179 Å². The van der Waals surface area contributed by atoms with Crippen LogP contribution < -0.4 is 9.21 Å². The number of sulfonamides is 1. The van der Waals surface area contributed by atoms with Gasteiger partial charge in [0.25, 0.3) is 10.0 Å². The van der Waals surface area contributed by atoms with Crippen LogP contribution in [-0.2, 0) is 10.0 Å². The lowest BCUT2D eigenvalue weighted by Gasteiger charge is -2.24. The smallest absolute Gasteiger partial charge is 0.250 e. The summed E-state index contributed by atoms with van der Waals surface area (Å²) in [6.07, 6.45) is 0. The highest BCUT2D eigenvalue weighted by Gasteiger charge is 2.36. The Hall–Kier alpha value is -2.68. The predicted molar refractivity (Wildman–Crippen MR) is 125 cm³/mol. The van der Waals surface area contributed by atoms with Crippen LogP contribution in [0.25, 0.3) is 0 Å². The molecule has 0 unspecified atom stereocenters. The molecule has 0 atom stereocenters. The topological polar surface area (TPSA) is 53.0 Å². The molecule has 1 saturated heterocycles. The molecule has 4 rings (SSSR count). The highest BCUT2D eigenvalue weighted by molar-refractivity contribution is 8.27. The number of hydrogen-bond donors (Lipinski definition) is 0. The third-order valence-corrected chi connectivity index (χ3v) is 7.72. The molecule has 0 aliphatic carbocycles. The molecule has 1 heterocycles. The van der Waals surface area contributed by atoms with E-state index in [1.54, 1.807) is 24.3 Å². The first-order chi connectivity index (χ1) is 14.1. The second kappa shape index (κ2) is 8.36. The molecule has 1 aliphatic rings. The van der Waals surface area contributed by atoms with Gasteiger partial charge in [0.05, 0.1) is 5.69 Å². The fourth-order valence-corrected chi connectivity index (χ4v) is 6.31. The third-order valence-electron chi connectivity index (χ3n) is 4.19. The maximum Gasteiger partial charge on any atom is 0.250 e. The Balaban J connectivity index is 1.76. The summed E-state index contributed by atoms with van der Waals surface area (Å²) in [5.74, 6) is 0. The van der Waals surface area contributed by atoms with Crippen molar-refractivity contribution in [2.24, 2.45) is 4.99 Å². The normalized spacial score (nSPS) is 16.7. The lowest BCUT2D eigenvalue weighted by Crippen LogP contribution is -2.31. The van der Waals surface area contributed by atoms with Crippen molar-refractivity contribution in [2.75, 3.05) is 14.3 Å². The lowest BCUT2D eigenvalue weighted by molar-refractivity contribution is 0.602. The monoisotopic (exact) mass is 439 g/mol. The van der Waals surface area contributed by atoms with Gasteiger partial charge in [-0.05, 0) is 48.6 Å². The average Bonchev–Trinajstić information content (AvgIpc) is 3.04. The number of aliphatic imine (C=N–C) groups is 1. The summed E-state index contributed by atoms with van der Waals surface area (Å²) >= 11 is 6.82. The molecule has 29 heavy (non-hydrogen) atoms. The molecule has 0 N–H and O–H groups in total. The summed E-state index contributed by atoms with van der Waals surface area (Å²) in [5.41, 5.74) is 2.25. The van der Waals surface area contributed by atoms with Gasteiger partial charge in [-0.15, -0.1) is 0 Å². The van der Waals surface area contributed by atoms with Crippen LogP contribution in [0.4, 0.5) is 17.1 Å². The van der Waals surface area contributed by atoms with Crippen LogP contribution in [0.5, 0.6) is 0 Å². The van der Waals surface area contributed by atoms with Crippen LogP contribution in [0, 0.1) is 0 Å². The number of para-hydroxylation sites is 3. The number of thiocarbonyl (C=S) groups is 1. The van der Waals surface area contributed by atoms with Gasteiger partial charge in [-0.1, -0.05) is 66.4 Å². The third kappa shape index (κ3) is 4.19. The maximum absolute atomic E-state index is 12.6. The van der Waals surface area contributed by atoms with E-state index in [0.717, 1.165) is 23.1 Å². The number of hydrogen-bond acceptors (Lipinski definition) is 4. The largest absolute Gasteiger partial charge is 0.286 e. The number of anilines is 3. The summed E-state index contributed by atoms with van der Waals surface area (Å²) in [4.78, 5) is 6.40. The summed E-state index contributed by atoms with van der Waals surface area (Å²) < 4.78 is 26.5. The Bertz CT molecular complexity index is 1100. The van der Waals surface area contributed by atoms with E-state index in [-0.39, 0.29) is 10.2 Å². The molecular weight excluding hydrogens is 422 g/mol. The first-order valence-corrected chi connectivity index (χ1v) is 11.8. The fourth-order valence-electron chi connectivity index (χ4n) is 2.93. The Morgan fingerprint density at radius 2 is 1.34 bits per heavy atom. The van der Waals surface area contributed by atoms with E-state index in [1.165, 1.54) is 4.31 Å². The van der Waals surface area contributed by atoms with E-state index >= 15 is 0 Å². The summed E-state index contributed by atoms with van der Waals surface area (Å²) in [6.45, 7) is 0. The second-order valence-electron chi connectivity index (χ2n) is 6.16. The van der Waals surface area contributed by atoms with Crippen molar-refractivity contribution in [3.05, 3.63) is 91.0 Å². The van der Waals surface area contributed by atoms with Crippen LogP contribution in [-0.4, -0.2) is 23.8 Å². The molecule has 0 saturated carbocycles. The minimum atomic E-state index is -3.50. The predicted octanol–water partition coefficient (Wildman–Crippen LogP) is 5.01. The maximum atomic E-state index is 12.6. The Morgan fingerprint density at radius 3 is 1.86 bits per heavy atom. The number of benzene rings is 3. The first-order valence-electron chi connectivity index (χ1n) is 8.80. The molecule has 3 aromatic carbocycles. The fraction of sp³-hybridized carbons (Fsp3) is 0.0476. The first kappa shape index (κ1) is 19.6. The van der Waals surface area contributed by atoms with Crippen LogP contribution in [0.1, 0.15) is 0 Å². The molecule has 0 bridgehead atoms. The molecule has 0 amide bonds. The van der Waals surface area contributed by atoms with E-state index < -0.39 is 10.0 Å². The number of amidine groups is 1. The number of nitrogens with zero attached hydrogens (tertiary/aromatic N) is 3. The van der Waals surface area contributed by atoms with Gasteiger partial charge in [-0.25, -0.2) is 12.7 Å². The SMILES string of the molecule is O=S1(=O)CSC(=NC(=S)N(c2ccccc2)c2ccccc2)N1c1ccccc1. The van der Waals surface area contributed by atoms with Gasteiger partial charge in [0.15, 0.2) is 5.17 Å². The van der Waals surface area contributed by atoms with Crippen molar-refractivity contribution in [2.45, 2.75) is 0 Å². The van der Waals surface area contributed by atoms with Gasteiger partial charge in [-0.2, -0.15) is 4.99 Å². The zero-order valence-corrected chi connectivity index (χ0v) is 17.7. The van der Waals surface area contributed by atoms with E-state index in [1.807, 2.05) is 71.6 Å². The Morgan fingerprint density at radius 1 is 0.862 bits per heavy atom. The van der Waals surface area contributed by atoms with Crippen molar-refractivity contribution in [3.63, 3.8) is 0 Å². The van der Waals surface area contributed by atoms with Gasteiger partial charge in [-0.3, -0.25) is 4.90 Å². The molecule has 8 heteroatoms. The van der Waals surface area contributed by atoms with Crippen molar-refractivity contribution in [1.29, 1.82) is 0 Å². The highest BCUT2D eigenvalue weighted by Crippen LogP contribution is 2.33. The Kier molecular flexibility index (Phi) is 5.66. The van der Waals surface area contributed by atoms with Gasteiger partial charge >= 0.3 is 0 Å². The van der Waals surface area contributed by atoms with Crippen molar-refractivity contribution < 1.29 is 8.42 Å². The summed E-state index contributed by atoms with van der Waals surface area (Å²) in [6, 6.07) is 28.2. The molecule has 0 aromatic heterocycles. The molecule has 0 radical (unpaired) electrons. The van der Waals surface area contributed by atoms with Crippen LogP contribution in [0.3, 0.4) is 0 Å². The van der Waals surface area contributed by atoms with Gasteiger partial charge in [0, 0.05) is 11.4 Å².